The second-order valence-corrected chi connectivity index (χ2v) is 4.93. The third-order valence-corrected chi connectivity index (χ3v) is 3.80. The highest BCUT2D eigenvalue weighted by atomic mass is 15.6. The zero-order valence-electron chi connectivity index (χ0n) is 10.4. The number of hydrogen-bond donors (Lipinski definition) is 1. The van der Waals surface area contributed by atoms with E-state index >= 15 is 0 Å². The van der Waals surface area contributed by atoms with Crippen LogP contribution in [0.4, 0.5) is 5.82 Å². The van der Waals surface area contributed by atoms with Crippen molar-refractivity contribution in [1.29, 1.82) is 0 Å². The predicted molar refractivity (Wildman–Crippen MR) is 67.1 cm³/mol. The molecule has 0 radical (unpaired) electrons. The zero-order valence-corrected chi connectivity index (χ0v) is 10.4. The molecule has 3 rings (SSSR count). The van der Waals surface area contributed by atoms with Crippen molar-refractivity contribution in [1.82, 2.24) is 25.3 Å². The monoisotopic (exact) mass is 247 g/mol. The Kier molecular flexibility index (Phi) is 2.83. The topological polar surface area (TPSA) is 85.2 Å². The largest absolute Gasteiger partial charge is 0.355 e. The van der Waals surface area contributed by atoms with Crippen molar-refractivity contribution in [3.05, 3.63) is 12.1 Å². The van der Waals surface area contributed by atoms with E-state index in [2.05, 4.69) is 32.4 Å². The van der Waals surface area contributed by atoms with Gasteiger partial charge in [0, 0.05) is 13.1 Å². The Bertz CT molecular complexity index is 537. The van der Waals surface area contributed by atoms with Gasteiger partial charge in [0.25, 0.3) is 0 Å². The first-order valence-electron chi connectivity index (χ1n) is 6.28. The van der Waals surface area contributed by atoms with Gasteiger partial charge in [-0.2, -0.15) is 0 Å². The summed E-state index contributed by atoms with van der Waals surface area (Å²) in [5, 5.41) is 15.7. The summed E-state index contributed by atoms with van der Waals surface area (Å²) in [4.78, 5) is 2.26. The summed E-state index contributed by atoms with van der Waals surface area (Å²) in [5.74, 6) is 2.13. The lowest BCUT2D eigenvalue weighted by Crippen LogP contribution is -2.43. The Morgan fingerprint density at radius 1 is 1.44 bits per heavy atom. The highest BCUT2D eigenvalue weighted by Crippen LogP contribution is 2.25. The molecular weight excluding hydrogens is 230 g/mol. The van der Waals surface area contributed by atoms with E-state index in [1.54, 1.807) is 0 Å². The smallest absolute Gasteiger partial charge is 0.200 e. The van der Waals surface area contributed by atoms with Crippen LogP contribution in [-0.2, 0) is 0 Å². The number of aromatic nitrogens is 5. The van der Waals surface area contributed by atoms with Crippen molar-refractivity contribution in [2.45, 2.75) is 13.3 Å². The Hall–Kier alpha value is -1.76. The lowest BCUT2D eigenvalue weighted by molar-refractivity contribution is 0.306. The van der Waals surface area contributed by atoms with Gasteiger partial charge in [-0.1, -0.05) is 6.92 Å². The minimum atomic E-state index is 0.533. The van der Waals surface area contributed by atoms with E-state index in [-0.39, 0.29) is 0 Å². The number of tetrazole rings is 1. The van der Waals surface area contributed by atoms with Gasteiger partial charge in [-0.05, 0) is 47.4 Å². The Labute approximate surface area is 105 Å². The number of anilines is 1. The molecule has 0 saturated carbocycles. The standard InChI is InChI=1S/C11H17N7/c1-8-4-5-17(7-9(8)6-12)11-3-2-10-13-15-16-18(10)14-11/h2-3,8-9H,4-7,12H2,1H3. The maximum atomic E-state index is 5.82. The quantitative estimate of drug-likeness (QED) is 0.800. The number of hydrogen-bond acceptors (Lipinski definition) is 6. The maximum Gasteiger partial charge on any atom is 0.200 e. The summed E-state index contributed by atoms with van der Waals surface area (Å²) < 4.78 is 1.46. The first-order chi connectivity index (χ1) is 8.78. The van der Waals surface area contributed by atoms with Gasteiger partial charge in [-0.25, -0.2) is 0 Å². The highest BCUT2D eigenvalue weighted by Gasteiger charge is 2.26. The van der Waals surface area contributed by atoms with E-state index in [1.165, 1.54) is 4.63 Å². The summed E-state index contributed by atoms with van der Waals surface area (Å²) in [6.45, 7) is 4.97. The fourth-order valence-corrected chi connectivity index (χ4v) is 2.47. The van der Waals surface area contributed by atoms with Gasteiger partial charge in [0.1, 0.15) is 0 Å². The van der Waals surface area contributed by atoms with E-state index in [0.717, 1.165) is 31.9 Å². The van der Waals surface area contributed by atoms with Crippen molar-refractivity contribution in [2.24, 2.45) is 17.6 Å². The molecule has 0 spiro atoms. The van der Waals surface area contributed by atoms with Crippen molar-refractivity contribution in [2.75, 3.05) is 24.5 Å². The fourth-order valence-electron chi connectivity index (χ4n) is 2.47. The van der Waals surface area contributed by atoms with Gasteiger partial charge >= 0.3 is 0 Å². The average molecular weight is 247 g/mol. The zero-order chi connectivity index (χ0) is 12.5. The summed E-state index contributed by atoms with van der Waals surface area (Å²) >= 11 is 0. The number of nitrogens with two attached hydrogens (primary N) is 1. The van der Waals surface area contributed by atoms with Crippen LogP contribution in [0.25, 0.3) is 5.65 Å². The number of fused-ring (bicyclic) bond motifs is 1. The molecule has 2 N–H and O–H groups in total. The SMILES string of the molecule is CC1CCN(c2ccc3nnnn3n2)CC1CN. The summed E-state index contributed by atoms with van der Waals surface area (Å²) in [6, 6.07) is 3.85. The predicted octanol–water partition coefficient (Wildman–Crippen LogP) is -0.0596. The number of piperidine rings is 1. The van der Waals surface area contributed by atoms with E-state index in [1.807, 2.05) is 12.1 Å². The first kappa shape index (κ1) is 11.3. The minimum Gasteiger partial charge on any atom is -0.355 e. The molecule has 96 valence electrons. The summed E-state index contributed by atoms with van der Waals surface area (Å²) in [7, 11) is 0. The molecule has 0 amide bonds. The van der Waals surface area contributed by atoms with Crippen molar-refractivity contribution >= 4 is 11.5 Å². The molecule has 2 atom stereocenters. The molecule has 1 aliphatic rings. The summed E-state index contributed by atoms with van der Waals surface area (Å²) in [6.07, 6.45) is 1.15. The molecule has 18 heavy (non-hydrogen) atoms. The van der Waals surface area contributed by atoms with Crippen molar-refractivity contribution < 1.29 is 0 Å². The molecule has 7 nitrogen and oxygen atoms in total. The number of rotatable bonds is 2. The molecule has 0 bridgehead atoms. The Morgan fingerprint density at radius 2 is 2.33 bits per heavy atom. The molecular formula is C11H17N7. The van der Waals surface area contributed by atoms with Crippen LogP contribution in [0, 0.1) is 11.8 Å². The van der Waals surface area contributed by atoms with E-state index in [4.69, 9.17) is 5.73 Å². The molecule has 3 heterocycles. The molecule has 2 unspecified atom stereocenters. The van der Waals surface area contributed by atoms with E-state index in [9.17, 15) is 0 Å². The average Bonchev–Trinajstić information content (AvgIpc) is 2.86. The lowest BCUT2D eigenvalue weighted by Gasteiger charge is -2.37. The van der Waals surface area contributed by atoms with Gasteiger partial charge in [0.2, 0.25) is 0 Å². The summed E-state index contributed by atoms with van der Waals surface area (Å²) in [5.41, 5.74) is 6.49. The minimum absolute atomic E-state index is 0.533. The molecule has 1 saturated heterocycles. The van der Waals surface area contributed by atoms with Gasteiger partial charge in [-0.15, -0.1) is 14.8 Å². The maximum absolute atomic E-state index is 5.82. The Balaban J connectivity index is 1.85. The molecule has 0 aliphatic carbocycles. The highest BCUT2D eigenvalue weighted by molar-refractivity contribution is 5.44. The molecule has 2 aromatic rings. The van der Waals surface area contributed by atoms with Crippen LogP contribution in [0.2, 0.25) is 0 Å². The van der Waals surface area contributed by atoms with Gasteiger partial charge < -0.3 is 10.6 Å². The van der Waals surface area contributed by atoms with E-state index in [0.29, 0.717) is 17.5 Å². The van der Waals surface area contributed by atoms with Crippen LogP contribution >= 0.6 is 0 Å². The van der Waals surface area contributed by atoms with Crippen LogP contribution in [0.1, 0.15) is 13.3 Å². The van der Waals surface area contributed by atoms with Gasteiger partial charge in [-0.3, -0.25) is 0 Å². The number of nitrogens with zero attached hydrogens (tertiary/aromatic N) is 6. The second-order valence-electron chi connectivity index (χ2n) is 4.93. The molecule has 0 aromatic carbocycles. The lowest BCUT2D eigenvalue weighted by atomic mass is 9.87. The van der Waals surface area contributed by atoms with Gasteiger partial charge in [0.15, 0.2) is 11.5 Å². The first-order valence-corrected chi connectivity index (χ1v) is 6.28. The molecule has 1 aliphatic heterocycles. The van der Waals surface area contributed by atoms with Crippen LogP contribution in [0.5, 0.6) is 0 Å². The van der Waals surface area contributed by atoms with Crippen LogP contribution in [0.15, 0.2) is 12.1 Å². The Morgan fingerprint density at radius 3 is 3.17 bits per heavy atom. The second kappa shape index (κ2) is 4.49. The van der Waals surface area contributed by atoms with Crippen molar-refractivity contribution in [3.63, 3.8) is 0 Å². The normalized spacial score (nSPS) is 24.7. The molecule has 7 heteroatoms. The van der Waals surface area contributed by atoms with E-state index < -0.39 is 0 Å². The third-order valence-electron chi connectivity index (χ3n) is 3.80. The van der Waals surface area contributed by atoms with Crippen LogP contribution in [-0.4, -0.2) is 44.9 Å². The molecule has 1 fully saturated rings. The van der Waals surface area contributed by atoms with Gasteiger partial charge in [0.05, 0.1) is 0 Å². The third kappa shape index (κ3) is 1.90. The van der Waals surface area contributed by atoms with Crippen LogP contribution in [0.3, 0.4) is 0 Å². The fraction of sp³-hybridized carbons (Fsp3) is 0.636. The molecule has 2 aromatic heterocycles. The van der Waals surface area contributed by atoms with Crippen LogP contribution < -0.4 is 10.6 Å². The van der Waals surface area contributed by atoms with Crippen molar-refractivity contribution in [3.8, 4) is 0 Å².